The molecule has 0 radical (unpaired) electrons. The molecule has 0 spiro atoms. The molecule has 0 heterocycles. The summed E-state index contributed by atoms with van der Waals surface area (Å²) >= 11 is 0. The van der Waals surface area contributed by atoms with Crippen LogP contribution in [0.4, 0.5) is 0 Å². The number of esters is 1. The maximum absolute atomic E-state index is 11.3. The van der Waals surface area contributed by atoms with Crippen LogP contribution in [-0.2, 0) is 9.53 Å². The highest BCUT2D eigenvalue weighted by molar-refractivity contribution is 5.70. The zero-order valence-electron chi connectivity index (χ0n) is 10.4. The third-order valence-electron chi connectivity index (χ3n) is 1.96. The molecule has 90 valence electrons. The van der Waals surface area contributed by atoms with Crippen molar-refractivity contribution in [3.8, 4) is 0 Å². The number of hydrogen-bond donors (Lipinski definition) is 1. The highest BCUT2D eigenvalue weighted by Crippen LogP contribution is 2.12. The van der Waals surface area contributed by atoms with Gasteiger partial charge in [0.1, 0.15) is 5.60 Å². The Morgan fingerprint density at radius 1 is 1.33 bits per heavy atom. The molecule has 3 heteroatoms. The predicted octanol–water partition coefficient (Wildman–Crippen LogP) is 2.66. The molecular formula is C12H24O3. The third kappa shape index (κ3) is 9.73. The molecule has 0 saturated heterocycles. The van der Waals surface area contributed by atoms with Gasteiger partial charge in [0.25, 0.3) is 0 Å². The molecule has 3 nitrogen and oxygen atoms in total. The summed E-state index contributed by atoms with van der Waals surface area (Å²) in [6, 6.07) is 0. The first-order valence-electron chi connectivity index (χ1n) is 5.75. The summed E-state index contributed by atoms with van der Waals surface area (Å²) in [5.74, 6) is -0.313. The van der Waals surface area contributed by atoms with E-state index in [1.54, 1.807) is 0 Å². The van der Waals surface area contributed by atoms with E-state index in [0.29, 0.717) is 6.42 Å². The van der Waals surface area contributed by atoms with Gasteiger partial charge in [-0.25, -0.2) is 0 Å². The largest absolute Gasteiger partial charge is 0.460 e. The fourth-order valence-electron chi connectivity index (χ4n) is 1.31. The zero-order chi connectivity index (χ0) is 11.9. The van der Waals surface area contributed by atoms with Crippen molar-refractivity contribution in [2.45, 2.75) is 71.5 Å². The molecule has 15 heavy (non-hydrogen) atoms. The van der Waals surface area contributed by atoms with Gasteiger partial charge in [0.15, 0.2) is 0 Å². The van der Waals surface area contributed by atoms with E-state index in [9.17, 15) is 9.90 Å². The normalized spacial score (nSPS) is 13.7. The van der Waals surface area contributed by atoms with Crippen LogP contribution >= 0.6 is 0 Å². The van der Waals surface area contributed by atoms with Gasteiger partial charge in [-0.15, -0.1) is 0 Å². The number of aliphatic hydroxyl groups is 1. The van der Waals surface area contributed by atoms with Gasteiger partial charge < -0.3 is 9.84 Å². The first-order chi connectivity index (χ1) is 6.85. The Hall–Kier alpha value is -0.570. The molecule has 0 unspecified atom stereocenters. The van der Waals surface area contributed by atoms with Crippen molar-refractivity contribution >= 4 is 5.97 Å². The van der Waals surface area contributed by atoms with Crippen LogP contribution in [0.25, 0.3) is 0 Å². The SMILES string of the molecule is CCCCC[C@H](O)CC(=O)OC(C)(C)C. The highest BCUT2D eigenvalue weighted by Gasteiger charge is 2.18. The molecular weight excluding hydrogens is 192 g/mol. The molecule has 0 amide bonds. The lowest BCUT2D eigenvalue weighted by molar-refractivity contribution is -0.157. The Bertz CT molecular complexity index is 182. The molecule has 0 aliphatic rings. The van der Waals surface area contributed by atoms with Gasteiger partial charge >= 0.3 is 5.97 Å². The summed E-state index contributed by atoms with van der Waals surface area (Å²) < 4.78 is 5.12. The van der Waals surface area contributed by atoms with Crippen molar-refractivity contribution in [2.75, 3.05) is 0 Å². The van der Waals surface area contributed by atoms with Gasteiger partial charge in [0.05, 0.1) is 12.5 Å². The van der Waals surface area contributed by atoms with Crippen molar-refractivity contribution in [1.29, 1.82) is 0 Å². The van der Waals surface area contributed by atoms with Gasteiger partial charge in [0, 0.05) is 0 Å². The average Bonchev–Trinajstić information content (AvgIpc) is 2.00. The summed E-state index contributed by atoms with van der Waals surface area (Å²) in [4.78, 5) is 11.3. The Balaban J connectivity index is 3.67. The number of aliphatic hydroxyl groups excluding tert-OH is 1. The minimum atomic E-state index is -0.550. The quantitative estimate of drug-likeness (QED) is 0.548. The Morgan fingerprint density at radius 3 is 2.40 bits per heavy atom. The monoisotopic (exact) mass is 216 g/mol. The third-order valence-corrected chi connectivity index (χ3v) is 1.96. The fourth-order valence-corrected chi connectivity index (χ4v) is 1.31. The second-order valence-electron chi connectivity index (χ2n) is 4.94. The Kier molecular flexibility index (Phi) is 6.57. The van der Waals surface area contributed by atoms with E-state index in [2.05, 4.69) is 6.92 Å². The van der Waals surface area contributed by atoms with Crippen LogP contribution in [0.3, 0.4) is 0 Å². The van der Waals surface area contributed by atoms with E-state index in [1.165, 1.54) is 0 Å². The molecule has 0 rings (SSSR count). The number of carbonyl (C=O) groups excluding carboxylic acids is 1. The van der Waals surface area contributed by atoms with Crippen LogP contribution in [0.2, 0.25) is 0 Å². The molecule has 0 saturated carbocycles. The summed E-state index contributed by atoms with van der Waals surface area (Å²) in [5.41, 5.74) is -0.458. The van der Waals surface area contributed by atoms with Crippen molar-refractivity contribution < 1.29 is 14.6 Å². The van der Waals surface area contributed by atoms with E-state index in [0.717, 1.165) is 19.3 Å². The second kappa shape index (κ2) is 6.83. The molecule has 0 fully saturated rings. The number of carbonyl (C=O) groups is 1. The van der Waals surface area contributed by atoms with E-state index < -0.39 is 11.7 Å². The lowest BCUT2D eigenvalue weighted by Crippen LogP contribution is -2.26. The summed E-state index contributed by atoms with van der Waals surface area (Å²) in [6.45, 7) is 7.59. The highest BCUT2D eigenvalue weighted by atomic mass is 16.6. The van der Waals surface area contributed by atoms with Crippen LogP contribution in [0.1, 0.15) is 59.8 Å². The number of ether oxygens (including phenoxy) is 1. The molecule has 0 aromatic heterocycles. The molecule has 0 aliphatic heterocycles. The smallest absolute Gasteiger partial charge is 0.308 e. The van der Waals surface area contributed by atoms with Gasteiger partial charge in [-0.2, -0.15) is 0 Å². The minimum Gasteiger partial charge on any atom is -0.460 e. The van der Waals surface area contributed by atoms with Gasteiger partial charge in [-0.1, -0.05) is 26.2 Å². The summed E-state index contributed by atoms with van der Waals surface area (Å²) in [7, 11) is 0. The zero-order valence-corrected chi connectivity index (χ0v) is 10.4. The van der Waals surface area contributed by atoms with Crippen LogP contribution in [0.5, 0.6) is 0 Å². The van der Waals surface area contributed by atoms with E-state index in [-0.39, 0.29) is 12.4 Å². The first kappa shape index (κ1) is 14.4. The number of unbranched alkanes of at least 4 members (excludes halogenated alkanes) is 2. The van der Waals surface area contributed by atoms with E-state index >= 15 is 0 Å². The Labute approximate surface area is 92.8 Å². The lowest BCUT2D eigenvalue weighted by atomic mass is 10.1. The van der Waals surface area contributed by atoms with Crippen LogP contribution in [0.15, 0.2) is 0 Å². The van der Waals surface area contributed by atoms with Crippen molar-refractivity contribution in [2.24, 2.45) is 0 Å². The maximum atomic E-state index is 11.3. The molecule has 1 atom stereocenters. The molecule has 0 aliphatic carbocycles. The topological polar surface area (TPSA) is 46.5 Å². The summed E-state index contributed by atoms with van der Waals surface area (Å²) in [5, 5.41) is 9.54. The molecule has 1 N–H and O–H groups in total. The van der Waals surface area contributed by atoms with Gasteiger partial charge in [0.2, 0.25) is 0 Å². The molecule has 0 aromatic rings. The molecule has 0 aromatic carbocycles. The Morgan fingerprint density at radius 2 is 1.93 bits per heavy atom. The minimum absolute atomic E-state index is 0.112. The standard InChI is InChI=1S/C12H24O3/c1-5-6-7-8-10(13)9-11(14)15-12(2,3)4/h10,13H,5-9H2,1-4H3/t10-/m0/s1. The lowest BCUT2D eigenvalue weighted by Gasteiger charge is -2.20. The van der Waals surface area contributed by atoms with Crippen molar-refractivity contribution in [3.05, 3.63) is 0 Å². The fraction of sp³-hybridized carbons (Fsp3) is 0.917. The average molecular weight is 216 g/mol. The van der Waals surface area contributed by atoms with Crippen LogP contribution in [-0.4, -0.2) is 22.8 Å². The predicted molar refractivity (Wildman–Crippen MR) is 60.6 cm³/mol. The molecule has 0 bridgehead atoms. The van der Waals surface area contributed by atoms with E-state index in [4.69, 9.17) is 4.74 Å². The second-order valence-corrected chi connectivity index (χ2v) is 4.94. The maximum Gasteiger partial charge on any atom is 0.308 e. The van der Waals surface area contributed by atoms with Crippen molar-refractivity contribution in [1.82, 2.24) is 0 Å². The van der Waals surface area contributed by atoms with Gasteiger partial charge in [-0.05, 0) is 27.2 Å². The number of hydrogen-bond acceptors (Lipinski definition) is 3. The van der Waals surface area contributed by atoms with Gasteiger partial charge in [-0.3, -0.25) is 4.79 Å². The van der Waals surface area contributed by atoms with E-state index in [1.807, 2.05) is 20.8 Å². The summed E-state index contributed by atoms with van der Waals surface area (Å²) in [6.07, 6.45) is 3.45. The van der Waals surface area contributed by atoms with Crippen LogP contribution in [0, 0.1) is 0 Å². The van der Waals surface area contributed by atoms with Crippen LogP contribution < -0.4 is 0 Å². The first-order valence-corrected chi connectivity index (χ1v) is 5.75. The number of rotatable bonds is 6. The van der Waals surface area contributed by atoms with Crippen molar-refractivity contribution in [3.63, 3.8) is 0 Å².